The second kappa shape index (κ2) is 5.61. The van der Waals surface area contributed by atoms with Gasteiger partial charge in [0, 0.05) is 29.8 Å². The lowest BCUT2D eigenvalue weighted by atomic mass is 9.96. The Morgan fingerprint density at radius 1 is 1.44 bits per heavy atom. The number of anilines is 1. The number of nitrogens with one attached hydrogen (secondary N) is 1. The van der Waals surface area contributed by atoms with E-state index < -0.39 is 0 Å². The molecule has 0 spiro atoms. The number of nitrogens with zero attached hydrogens (tertiary/aromatic N) is 1. The molecule has 0 radical (unpaired) electrons. The van der Waals surface area contributed by atoms with E-state index in [9.17, 15) is 0 Å². The summed E-state index contributed by atoms with van der Waals surface area (Å²) in [6, 6.07) is 6.86. The Hall–Kier alpha value is -1.22. The van der Waals surface area contributed by atoms with Crippen LogP contribution in [0.1, 0.15) is 31.7 Å². The van der Waals surface area contributed by atoms with Gasteiger partial charge in [0.05, 0.1) is 7.11 Å². The molecule has 0 bridgehead atoms. The predicted octanol–water partition coefficient (Wildman–Crippen LogP) is 2.93. The molecule has 1 aromatic carbocycles. The van der Waals surface area contributed by atoms with Gasteiger partial charge in [-0.15, -0.1) is 0 Å². The Morgan fingerprint density at radius 3 is 2.89 bits per heavy atom. The van der Waals surface area contributed by atoms with Gasteiger partial charge in [-0.25, -0.2) is 0 Å². The normalized spacial score (nSPS) is 18.0. The second-order valence-electron chi connectivity index (χ2n) is 5.36. The topological polar surface area (TPSA) is 24.5 Å². The summed E-state index contributed by atoms with van der Waals surface area (Å²) in [6.07, 6.45) is 1.18. The maximum atomic E-state index is 5.49. The number of methoxy groups -OCH3 is 1. The van der Waals surface area contributed by atoms with Crippen LogP contribution in [0.15, 0.2) is 18.2 Å². The minimum atomic E-state index is 0.567. The molecular formula is C15H24N2O. The molecule has 0 unspecified atom stereocenters. The molecule has 2 rings (SSSR count). The fourth-order valence-corrected chi connectivity index (χ4v) is 2.50. The number of benzene rings is 1. The molecule has 0 saturated heterocycles. The largest absolute Gasteiger partial charge is 0.496 e. The zero-order valence-electron chi connectivity index (χ0n) is 11.9. The maximum absolute atomic E-state index is 5.49. The van der Waals surface area contributed by atoms with Crippen LogP contribution in [0.2, 0.25) is 0 Å². The van der Waals surface area contributed by atoms with Crippen LogP contribution < -0.4 is 10.1 Å². The zero-order chi connectivity index (χ0) is 13.1. The van der Waals surface area contributed by atoms with Crippen LogP contribution in [-0.2, 0) is 0 Å². The van der Waals surface area contributed by atoms with E-state index >= 15 is 0 Å². The zero-order valence-corrected chi connectivity index (χ0v) is 11.9. The smallest absolute Gasteiger partial charge is 0.124 e. The fraction of sp³-hybridized carbons (Fsp3) is 0.600. The summed E-state index contributed by atoms with van der Waals surface area (Å²) in [4.78, 5) is 2.40. The third-order valence-electron chi connectivity index (χ3n) is 3.95. The first-order valence-electron chi connectivity index (χ1n) is 6.74. The summed E-state index contributed by atoms with van der Waals surface area (Å²) in [7, 11) is 3.95. The SMILES string of the molecule is COc1cccc2c1[C@@H](CCN(C)C(C)C)CN2. The van der Waals surface area contributed by atoms with Crippen molar-refractivity contribution in [2.24, 2.45) is 0 Å². The quantitative estimate of drug-likeness (QED) is 0.867. The Morgan fingerprint density at radius 2 is 2.22 bits per heavy atom. The molecule has 3 heteroatoms. The van der Waals surface area contributed by atoms with Crippen LogP contribution in [0.25, 0.3) is 0 Å². The third kappa shape index (κ3) is 2.61. The molecule has 100 valence electrons. The Bertz CT molecular complexity index is 403. The molecule has 1 aromatic rings. The molecular weight excluding hydrogens is 224 g/mol. The standard InChI is InChI=1S/C15H24N2O/c1-11(2)17(3)9-8-12-10-16-13-6-5-7-14(18-4)15(12)13/h5-7,11-12,16H,8-10H2,1-4H3/t12-/m0/s1. The van der Waals surface area contributed by atoms with Gasteiger partial charge in [0.1, 0.15) is 5.75 Å². The monoisotopic (exact) mass is 248 g/mol. The maximum Gasteiger partial charge on any atom is 0.124 e. The van der Waals surface area contributed by atoms with Crippen molar-refractivity contribution in [1.82, 2.24) is 4.90 Å². The van der Waals surface area contributed by atoms with E-state index in [1.165, 1.54) is 17.7 Å². The van der Waals surface area contributed by atoms with E-state index in [4.69, 9.17) is 4.74 Å². The molecule has 0 aliphatic carbocycles. The molecule has 0 amide bonds. The molecule has 1 N–H and O–H groups in total. The van der Waals surface area contributed by atoms with Crippen molar-refractivity contribution in [2.45, 2.75) is 32.2 Å². The van der Waals surface area contributed by atoms with Crippen molar-refractivity contribution < 1.29 is 4.74 Å². The van der Waals surface area contributed by atoms with Gasteiger partial charge < -0.3 is 15.0 Å². The van der Waals surface area contributed by atoms with Gasteiger partial charge in [-0.1, -0.05) is 6.07 Å². The van der Waals surface area contributed by atoms with E-state index in [-0.39, 0.29) is 0 Å². The molecule has 3 nitrogen and oxygen atoms in total. The van der Waals surface area contributed by atoms with Crippen LogP contribution in [-0.4, -0.2) is 38.2 Å². The van der Waals surface area contributed by atoms with Crippen molar-refractivity contribution in [3.8, 4) is 5.75 Å². The van der Waals surface area contributed by atoms with Crippen LogP contribution in [0, 0.1) is 0 Å². The van der Waals surface area contributed by atoms with E-state index in [0.29, 0.717) is 12.0 Å². The van der Waals surface area contributed by atoms with Crippen LogP contribution >= 0.6 is 0 Å². The Labute approximate surface area is 110 Å². The molecule has 1 aliphatic heterocycles. The summed E-state index contributed by atoms with van der Waals surface area (Å²) < 4.78 is 5.49. The van der Waals surface area contributed by atoms with Gasteiger partial charge >= 0.3 is 0 Å². The minimum absolute atomic E-state index is 0.567. The first-order chi connectivity index (χ1) is 8.63. The number of hydrogen-bond donors (Lipinski definition) is 1. The van der Waals surface area contributed by atoms with Crippen LogP contribution in [0.4, 0.5) is 5.69 Å². The van der Waals surface area contributed by atoms with Crippen molar-refractivity contribution >= 4 is 5.69 Å². The number of hydrogen-bond acceptors (Lipinski definition) is 3. The summed E-state index contributed by atoms with van der Waals surface area (Å²) in [5.74, 6) is 1.59. The van der Waals surface area contributed by atoms with Crippen molar-refractivity contribution in [2.75, 3.05) is 32.6 Å². The van der Waals surface area contributed by atoms with Crippen molar-refractivity contribution in [3.05, 3.63) is 23.8 Å². The van der Waals surface area contributed by atoms with Gasteiger partial charge in [-0.3, -0.25) is 0 Å². The van der Waals surface area contributed by atoms with Gasteiger partial charge in [0.25, 0.3) is 0 Å². The predicted molar refractivity (Wildman–Crippen MR) is 76.6 cm³/mol. The van der Waals surface area contributed by atoms with E-state index in [1.54, 1.807) is 7.11 Å². The minimum Gasteiger partial charge on any atom is -0.496 e. The molecule has 1 aliphatic rings. The summed E-state index contributed by atoms with van der Waals surface area (Å²) >= 11 is 0. The lowest BCUT2D eigenvalue weighted by Crippen LogP contribution is -2.28. The lowest BCUT2D eigenvalue weighted by molar-refractivity contribution is 0.264. The lowest BCUT2D eigenvalue weighted by Gasteiger charge is -2.23. The first-order valence-corrected chi connectivity index (χ1v) is 6.74. The average molecular weight is 248 g/mol. The van der Waals surface area contributed by atoms with Gasteiger partial charge in [0.2, 0.25) is 0 Å². The van der Waals surface area contributed by atoms with Crippen LogP contribution in [0.3, 0.4) is 0 Å². The first kappa shape index (κ1) is 13.2. The summed E-state index contributed by atoms with van der Waals surface area (Å²) in [5, 5.41) is 3.48. The van der Waals surface area contributed by atoms with Gasteiger partial charge in [-0.2, -0.15) is 0 Å². The summed E-state index contributed by atoms with van der Waals surface area (Å²) in [5.41, 5.74) is 2.60. The second-order valence-corrected chi connectivity index (χ2v) is 5.36. The summed E-state index contributed by atoms with van der Waals surface area (Å²) in [6.45, 7) is 6.63. The highest BCUT2D eigenvalue weighted by Crippen LogP contribution is 2.40. The number of fused-ring (bicyclic) bond motifs is 1. The molecule has 0 saturated carbocycles. The van der Waals surface area contributed by atoms with Crippen LogP contribution in [0.5, 0.6) is 5.75 Å². The number of ether oxygens (including phenoxy) is 1. The highest BCUT2D eigenvalue weighted by Gasteiger charge is 2.25. The van der Waals surface area contributed by atoms with E-state index in [2.05, 4.69) is 43.2 Å². The molecule has 0 fully saturated rings. The van der Waals surface area contributed by atoms with Gasteiger partial charge in [-0.05, 0) is 46.0 Å². The van der Waals surface area contributed by atoms with Crippen molar-refractivity contribution in [1.29, 1.82) is 0 Å². The van der Waals surface area contributed by atoms with Crippen molar-refractivity contribution in [3.63, 3.8) is 0 Å². The highest BCUT2D eigenvalue weighted by molar-refractivity contribution is 5.63. The number of rotatable bonds is 5. The molecule has 1 heterocycles. The average Bonchev–Trinajstić information content (AvgIpc) is 2.78. The van der Waals surface area contributed by atoms with Gasteiger partial charge in [0.15, 0.2) is 0 Å². The Balaban J connectivity index is 2.07. The molecule has 18 heavy (non-hydrogen) atoms. The Kier molecular flexibility index (Phi) is 4.12. The van der Waals surface area contributed by atoms with E-state index in [0.717, 1.165) is 18.8 Å². The molecule has 0 aromatic heterocycles. The fourth-order valence-electron chi connectivity index (χ4n) is 2.50. The molecule has 1 atom stereocenters. The highest BCUT2D eigenvalue weighted by atomic mass is 16.5. The van der Waals surface area contributed by atoms with E-state index in [1.807, 2.05) is 6.07 Å². The third-order valence-corrected chi connectivity index (χ3v) is 3.95.